The van der Waals surface area contributed by atoms with E-state index in [0.717, 1.165) is 33.4 Å². The Morgan fingerprint density at radius 1 is 0.800 bits per heavy atom. The number of ether oxygens (including phenoxy) is 2. The van der Waals surface area contributed by atoms with Crippen LogP contribution >= 0.6 is 11.8 Å². The van der Waals surface area contributed by atoms with Gasteiger partial charge in [0.25, 0.3) is 0 Å². The van der Waals surface area contributed by atoms with Gasteiger partial charge in [-0.2, -0.15) is 0 Å². The summed E-state index contributed by atoms with van der Waals surface area (Å²) in [5.74, 6) is 0.666. The van der Waals surface area contributed by atoms with Crippen LogP contribution in [-0.4, -0.2) is 35.3 Å². The summed E-state index contributed by atoms with van der Waals surface area (Å²) >= 11 is 1.55. The fourth-order valence-corrected chi connectivity index (χ4v) is 7.03. The number of benzene rings is 4. The third kappa shape index (κ3) is 7.85. The van der Waals surface area contributed by atoms with Gasteiger partial charge in [0, 0.05) is 36.7 Å². The third-order valence-electron chi connectivity index (χ3n) is 7.57. The first-order chi connectivity index (χ1) is 22.0. The minimum Gasteiger partial charge on any atom is -0.392 e. The minimum absolute atomic E-state index is 0.0116. The lowest BCUT2D eigenvalue weighted by molar-refractivity contribution is -0.245. The fraction of sp³-hybridized carbons (Fsp3) is 0.200. The lowest BCUT2D eigenvalue weighted by Crippen LogP contribution is -2.31. The molecule has 2 heterocycles. The van der Waals surface area contributed by atoms with Crippen LogP contribution in [0.15, 0.2) is 132 Å². The van der Waals surface area contributed by atoms with Crippen LogP contribution < -0.4 is 4.72 Å². The number of rotatable bonds is 11. The Kier molecular flexibility index (Phi) is 10.00. The first-order valence-electron chi connectivity index (χ1n) is 14.6. The van der Waals surface area contributed by atoms with Crippen molar-refractivity contribution in [2.75, 3.05) is 5.75 Å². The van der Waals surface area contributed by atoms with Gasteiger partial charge in [-0.15, -0.1) is 0 Å². The Bertz CT molecular complexity index is 1790. The highest BCUT2D eigenvalue weighted by Crippen LogP contribution is 2.39. The Hall–Kier alpha value is -3.90. The third-order valence-corrected chi connectivity index (χ3v) is 10.00. The highest BCUT2D eigenvalue weighted by Gasteiger charge is 2.32. The summed E-state index contributed by atoms with van der Waals surface area (Å²) in [6.07, 6.45) is 3.22. The molecule has 0 bridgehead atoms. The van der Waals surface area contributed by atoms with E-state index in [0.29, 0.717) is 17.3 Å². The van der Waals surface area contributed by atoms with Crippen molar-refractivity contribution in [3.63, 3.8) is 0 Å². The lowest BCUT2D eigenvalue weighted by atomic mass is 9.98. The van der Waals surface area contributed by atoms with Gasteiger partial charge in [0.2, 0.25) is 10.0 Å². The molecular formula is C35H33N3O5S2. The van der Waals surface area contributed by atoms with Crippen LogP contribution in [0.3, 0.4) is 0 Å². The van der Waals surface area contributed by atoms with E-state index < -0.39 is 16.3 Å². The Morgan fingerprint density at radius 3 is 2.22 bits per heavy atom. The van der Waals surface area contributed by atoms with E-state index in [2.05, 4.69) is 14.7 Å². The van der Waals surface area contributed by atoms with E-state index >= 15 is 0 Å². The second-order valence-electron chi connectivity index (χ2n) is 10.6. The van der Waals surface area contributed by atoms with Crippen molar-refractivity contribution in [2.45, 2.75) is 48.1 Å². The van der Waals surface area contributed by atoms with Crippen LogP contribution in [0.2, 0.25) is 0 Å². The number of aliphatic hydroxyl groups excluding tert-OH is 1. The number of sulfonamides is 1. The van der Waals surface area contributed by atoms with E-state index in [1.54, 1.807) is 60.6 Å². The molecule has 230 valence electrons. The SMILES string of the molecule is O=S(=O)(NCc1ccccc1-c1ccc([C@H]2O[C@@H](CSc3ncccn3)C[C@@H](c3ccc(CO)cc3)O2)cc1)c1ccccc1. The Labute approximate surface area is 267 Å². The van der Waals surface area contributed by atoms with Crippen molar-refractivity contribution in [3.8, 4) is 11.1 Å². The molecule has 8 nitrogen and oxygen atoms in total. The molecule has 1 aliphatic heterocycles. The highest BCUT2D eigenvalue weighted by molar-refractivity contribution is 7.99. The number of nitrogens with one attached hydrogen (secondary N) is 1. The van der Waals surface area contributed by atoms with Gasteiger partial charge in [0.15, 0.2) is 11.4 Å². The first-order valence-corrected chi connectivity index (χ1v) is 17.1. The first kappa shape index (κ1) is 31.1. The molecule has 0 spiro atoms. The molecule has 45 heavy (non-hydrogen) atoms. The molecule has 0 amide bonds. The monoisotopic (exact) mass is 639 g/mol. The van der Waals surface area contributed by atoms with Crippen LogP contribution in [0.25, 0.3) is 11.1 Å². The largest absolute Gasteiger partial charge is 0.392 e. The second-order valence-corrected chi connectivity index (χ2v) is 13.4. The number of aliphatic hydroxyl groups is 1. The molecule has 1 fully saturated rings. The Balaban J connectivity index is 1.20. The zero-order valence-corrected chi connectivity index (χ0v) is 26.0. The summed E-state index contributed by atoms with van der Waals surface area (Å²) < 4.78 is 41.3. The smallest absolute Gasteiger partial charge is 0.240 e. The predicted octanol–water partition coefficient (Wildman–Crippen LogP) is 6.45. The highest BCUT2D eigenvalue weighted by atomic mass is 32.2. The quantitative estimate of drug-likeness (QED) is 0.125. The maximum atomic E-state index is 12.8. The molecule has 10 heteroatoms. The van der Waals surface area contributed by atoms with Gasteiger partial charge < -0.3 is 14.6 Å². The van der Waals surface area contributed by atoms with Gasteiger partial charge >= 0.3 is 0 Å². The molecular weight excluding hydrogens is 607 g/mol. The van der Waals surface area contributed by atoms with Crippen molar-refractivity contribution < 1.29 is 23.0 Å². The summed E-state index contributed by atoms with van der Waals surface area (Å²) in [6, 6.07) is 33.7. The van der Waals surface area contributed by atoms with Gasteiger partial charge in [-0.3, -0.25) is 0 Å². The lowest BCUT2D eigenvalue weighted by Gasteiger charge is -2.36. The average Bonchev–Trinajstić information content (AvgIpc) is 3.11. The van der Waals surface area contributed by atoms with Gasteiger partial charge in [0.1, 0.15) is 0 Å². The van der Waals surface area contributed by atoms with Crippen LogP contribution in [0.4, 0.5) is 0 Å². The topological polar surface area (TPSA) is 111 Å². The summed E-state index contributed by atoms with van der Waals surface area (Å²) in [4.78, 5) is 8.89. The van der Waals surface area contributed by atoms with Crippen LogP contribution in [0.5, 0.6) is 0 Å². The minimum atomic E-state index is -3.64. The molecule has 0 saturated carbocycles. The molecule has 0 unspecified atom stereocenters. The maximum Gasteiger partial charge on any atom is 0.240 e. The fourth-order valence-electron chi connectivity index (χ4n) is 5.18. The van der Waals surface area contributed by atoms with Crippen LogP contribution in [0, 0.1) is 0 Å². The molecule has 0 aliphatic carbocycles. The van der Waals surface area contributed by atoms with E-state index in [4.69, 9.17) is 9.47 Å². The van der Waals surface area contributed by atoms with Crippen molar-refractivity contribution in [1.82, 2.24) is 14.7 Å². The molecule has 5 aromatic rings. The second kappa shape index (κ2) is 14.5. The van der Waals surface area contributed by atoms with E-state index in [-0.39, 0.29) is 30.3 Å². The summed E-state index contributed by atoms with van der Waals surface area (Å²) in [6.45, 7) is 0.146. The van der Waals surface area contributed by atoms with Gasteiger partial charge in [-0.1, -0.05) is 103 Å². The molecule has 4 aromatic carbocycles. The van der Waals surface area contributed by atoms with Gasteiger partial charge in [-0.25, -0.2) is 23.1 Å². The zero-order valence-electron chi connectivity index (χ0n) is 24.4. The van der Waals surface area contributed by atoms with Crippen molar-refractivity contribution in [3.05, 3.63) is 144 Å². The van der Waals surface area contributed by atoms with E-state index in [9.17, 15) is 13.5 Å². The number of aromatic nitrogens is 2. The average molecular weight is 640 g/mol. The molecule has 3 atom stereocenters. The summed E-state index contributed by atoms with van der Waals surface area (Å²) in [7, 11) is -3.64. The summed E-state index contributed by atoms with van der Waals surface area (Å²) in [5.41, 5.74) is 5.50. The number of thioether (sulfide) groups is 1. The predicted molar refractivity (Wildman–Crippen MR) is 174 cm³/mol. The van der Waals surface area contributed by atoms with Crippen molar-refractivity contribution >= 4 is 21.8 Å². The van der Waals surface area contributed by atoms with Crippen LogP contribution in [0.1, 0.15) is 41.1 Å². The summed E-state index contributed by atoms with van der Waals surface area (Å²) in [5, 5.41) is 10.2. The zero-order chi connectivity index (χ0) is 31.1. The maximum absolute atomic E-state index is 12.8. The molecule has 6 rings (SSSR count). The number of hydrogen-bond acceptors (Lipinski definition) is 8. The molecule has 2 N–H and O–H groups in total. The number of nitrogens with zero attached hydrogens (tertiary/aromatic N) is 2. The molecule has 1 aliphatic rings. The molecule has 1 saturated heterocycles. The molecule has 0 radical (unpaired) electrons. The standard InChI is InChI=1S/C35H33N3O5S2/c39-23-25-11-13-27(14-12-25)33-21-30(24-44-35-36-19-6-20-37-35)42-34(43-33)28-17-15-26(16-18-28)32-10-5-4-7-29(32)22-38-45(40,41)31-8-2-1-3-9-31/h1-20,30,33-34,38-39H,21-24H2/t30-,33+,34+/m1/s1. The van der Waals surface area contributed by atoms with E-state index in [1.165, 1.54) is 0 Å². The normalized spacial score (nSPS) is 18.5. The number of hydrogen-bond donors (Lipinski definition) is 2. The van der Waals surface area contributed by atoms with Crippen LogP contribution in [-0.2, 0) is 32.6 Å². The van der Waals surface area contributed by atoms with Crippen molar-refractivity contribution in [1.29, 1.82) is 0 Å². The molecule has 1 aromatic heterocycles. The van der Waals surface area contributed by atoms with Gasteiger partial charge in [-0.05, 0) is 46.0 Å². The van der Waals surface area contributed by atoms with E-state index in [1.807, 2.05) is 72.8 Å². The van der Waals surface area contributed by atoms with Gasteiger partial charge in [0.05, 0.1) is 23.7 Å². The Morgan fingerprint density at radius 2 is 1.49 bits per heavy atom. The van der Waals surface area contributed by atoms with Crippen molar-refractivity contribution in [2.24, 2.45) is 0 Å².